The number of aromatic nitrogens is 1. The summed E-state index contributed by atoms with van der Waals surface area (Å²) in [6, 6.07) is 11.6. The minimum absolute atomic E-state index is 0.0682. The van der Waals surface area contributed by atoms with E-state index in [-0.39, 0.29) is 12.5 Å². The number of ether oxygens (including phenoxy) is 2. The first kappa shape index (κ1) is 18.2. The van der Waals surface area contributed by atoms with E-state index in [0.717, 1.165) is 18.4 Å². The van der Waals surface area contributed by atoms with Gasteiger partial charge in [-0.05, 0) is 49.6 Å². The second kappa shape index (κ2) is 8.70. The van der Waals surface area contributed by atoms with E-state index in [4.69, 9.17) is 14.5 Å². The number of hydrogen-bond donors (Lipinski definition) is 0. The van der Waals surface area contributed by atoms with Crippen LogP contribution in [0.5, 0.6) is 11.5 Å². The molecule has 0 unspecified atom stereocenters. The van der Waals surface area contributed by atoms with Gasteiger partial charge in [-0.2, -0.15) is 0 Å². The molecule has 1 heterocycles. The topological polar surface area (TPSA) is 52.8 Å². The summed E-state index contributed by atoms with van der Waals surface area (Å²) >= 11 is 0. The van der Waals surface area contributed by atoms with Crippen LogP contribution >= 0.6 is 0 Å². The Morgan fingerprint density at radius 3 is 2.73 bits per heavy atom. The summed E-state index contributed by atoms with van der Waals surface area (Å²) in [7, 11) is 1.59. The van der Waals surface area contributed by atoms with E-state index in [1.54, 1.807) is 17.9 Å². The number of pyridine rings is 1. The molecule has 5 heteroatoms. The molecule has 2 aromatic rings. The molecule has 0 bridgehead atoms. The molecule has 1 fully saturated rings. The fourth-order valence-electron chi connectivity index (χ4n) is 3.25. The van der Waals surface area contributed by atoms with Crippen molar-refractivity contribution in [2.75, 3.05) is 13.7 Å². The number of rotatable bonds is 5. The van der Waals surface area contributed by atoms with Gasteiger partial charge in [0.2, 0.25) is 0 Å². The fraction of sp³-hybridized carbons (Fsp3) is 0.429. The van der Waals surface area contributed by atoms with Gasteiger partial charge >= 0.3 is 0 Å². The van der Waals surface area contributed by atoms with E-state index in [9.17, 15) is 4.79 Å². The van der Waals surface area contributed by atoms with Crippen molar-refractivity contribution in [1.29, 1.82) is 0 Å². The molecular formula is C21H26N2O3. The van der Waals surface area contributed by atoms with Gasteiger partial charge in [-0.25, -0.2) is 0 Å². The maximum atomic E-state index is 12.7. The van der Waals surface area contributed by atoms with Gasteiger partial charge in [-0.1, -0.05) is 31.4 Å². The summed E-state index contributed by atoms with van der Waals surface area (Å²) in [4.78, 5) is 17.5. The van der Waals surface area contributed by atoms with Gasteiger partial charge in [-0.3, -0.25) is 14.4 Å². The smallest absolute Gasteiger partial charge is 0.270 e. The first-order valence-corrected chi connectivity index (χ1v) is 9.19. The molecule has 0 spiro atoms. The Morgan fingerprint density at radius 1 is 1.15 bits per heavy atom. The van der Waals surface area contributed by atoms with Crippen LogP contribution < -0.4 is 15.0 Å². The molecule has 0 atom stereocenters. The first-order chi connectivity index (χ1) is 12.7. The lowest BCUT2D eigenvalue weighted by Gasteiger charge is -2.18. The average Bonchev–Trinajstić information content (AvgIpc) is 2.68. The molecule has 1 saturated carbocycles. The molecule has 26 heavy (non-hydrogen) atoms. The predicted molar refractivity (Wildman–Crippen MR) is 101 cm³/mol. The second-order valence-electron chi connectivity index (χ2n) is 6.69. The Morgan fingerprint density at radius 2 is 1.96 bits per heavy atom. The van der Waals surface area contributed by atoms with E-state index >= 15 is 0 Å². The van der Waals surface area contributed by atoms with Crippen molar-refractivity contribution >= 4 is 5.91 Å². The van der Waals surface area contributed by atoms with Crippen molar-refractivity contribution in [2.24, 2.45) is 4.99 Å². The van der Waals surface area contributed by atoms with Crippen molar-refractivity contribution < 1.29 is 14.3 Å². The van der Waals surface area contributed by atoms with Crippen LogP contribution in [0.3, 0.4) is 0 Å². The molecule has 1 aliphatic carbocycles. The lowest BCUT2D eigenvalue weighted by atomic mass is 9.96. The SMILES string of the molecule is COc1cc(C)ccc1OCC(=O)n1ccccc1=NC1CCCCC1. The van der Waals surface area contributed by atoms with Crippen LogP contribution in [0, 0.1) is 6.92 Å². The van der Waals surface area contributed by atoms with Gasteiger partial charge < -0.3 is 9.47 Å². The molecule has 1 aliphatic rings. The van der Waals surface area contributed by atoms with Crippen LogP contribution in [0.1, 0.15) is 42.5 Å². The number of aryl methyl sites for hydroxylation is 1. The van der Waals surface area contributed by atoms with E-state index in [1.165, 1.54) is 19.3 Å². The highest BCUT2D eigenvalue weighted by atomic mass is 16.5. The van der Waals surface area contributed by atoms with Gasteiger partial charge in [0.05, 0.1) is 13.2 Å². The third-order valence-electron chi connectivity index (χ3n) is 4.67. The quantitative estimate of drug-likeness (QED) is 0.821. The molecule has 0 aliphatic heterocycles. The maximum absolute atomic E-state index is 12.7. The monoisotopic (exact) mass is 354 g/mol. The third kappa shape index (κ3) is 4.54. The summed E-state index contributed by atoms with van der Waals surface area (Å²) in [6.45, 7) is 1.91. The van der Waals surface area contributed by atoms with Gasteiger partial charge in [0.25, 0.3) is 5.91 Å². The molecule has 0 N–H and O–H groups in total. The Balaban J connectivity index is 1.75. The van der Waals surface area contributed by atoms with E-state index in [0.29, 0.717) is 23.0 Å². The van der Waals surface area contributed by atoms with Gasteiger partial charge in [0, 0.05) is 6.20 Å². The van der Waals surface area contributed by atoms with Crippen molar-refractivity contribution in [3.05, 3.63) is 53.6 Å². The minimum atomic E-state index is -0.150. The third-order valence-corrected chi connectivity index (χ3v) is 4.67. The molecule has 0 saturated heterocycles. The normalized spacial score (nSPS) is 15.7. The fourth-order valence-corrected chi connectivity index (χ4v) is 3.25. The van der Waals surface area contributed by atoms with E-state index in [1.807, 2.05) is 43.3 Å². The molecule has 3 rings (SSSR count). The van der Waals surface area contributed by atoms with Crippen LogP contribution in [0.25, 0.3) is 0 Å². The predicted octanol–water partition coefficient (Wildman–Crippen LogP) is 3.76. The van der Waals surface area contributed by atoms with Crippen LogP contribution in [0.2, 0.25) is 0 Å². The van der Waals surface area contributed by atoms with Crippen LogP contribution in [-0.2, 0) is 0 Å². The lowest BCUT2D eigenvalue weighted by Crippen LogP contribution is -2.32. The van der Waals surface area contributed by atoms with Crippen LogP contribution in [0.4, 0.5) is 0 Å². The number of nitrogens with zero attached hydrogens (tertiary/aromatic N) is 2. The van der Waals surface area contributed by atoms with Crippen molar-refractivity contribution in [1.82, 2.24) is 4.57 Å². The number of benzene rings is 1. The van der Waals surface area contributed by atoms with E-state index < -0.39 is 0 Å². The zero-order chi connectivity index (χ0) is 18.4. The van der Waals surface area contributed by atoms with Crippen molar-refractivity contribution in [3.8, 4) is 11.5 Å². The summed E-state index contributed by atoms with van der Waals surface area (Å²) in [5.41, 5.74) is 1.77. The zero-order valence-electron chi connectivity index (χ0n) is 15.5. The highest BCUT2D eigenvalue weighted by Crippen LogP contribution is 2.27. The van der Waals surface area contributed by atoms with E-state index in [2.05, 4.69) is 0 Å². The lowest BCUT2D eigenvalue weighted by molar-refractivity contribution is 0.0829. The van der Waals surface area contributed by atoms with Crippen molar-refractivity contribution in [2.45, 2.75) is 45.1 Å². The molecule has 5 nitrogen and oxygen atoms in total. The summed E-state index contributed by atoms with van der Waals surface area (Å²) in [5, 5.41) is 0. The standard InChI is InChI=1S/C21H26N2O3/c1-16-11-12-18(19(14-16)25-2)26-15-21(24)23-13-7-6-10-20(23)22-17-8-4-3-5-9-17/h6-7,10-14,17H,3-5,8-9,15H2,1-2H3. The van der Waals surface area contributed by atoms with Gasteiger partial charge in [-0.15, -0.1) is 0 Å². The number of carbonyl (C=O) groups excluding carboxylic acids is 1. The zero-order valence-corrected chi connectivity index (χ0v) is 15.5. The van der Waals surface area contributed by atoms with Gasteiger partial charge in [0.15, 0.2) is 18.1 Å². The largest absolute Gasteiger partial charge is 0.493 e. The molecule has 0 radical (unpaired) electrons. The van der Waals surface area contributed by atoms with Crippen LogP contribution in [-0.4, -0.2) is 30.2 Å². The average molecular weight is 354 g/mol. The maximum Gasteiger partial charge on any atom is 0.270 e. The Hall–Kier alpha value is -2.56. The molecule has 138 valence electrons. The van der Waals surface area contributed by atoms with Gasteiger partial charge in [0.1, 0.15) is 5.49 Å². The summed E-state index contributed by atoms with van der Waals surface area (Å²) < 4.78 is 12.6. The molecule has 1 aromatic carbocycles. The number of methoxy groups -OCH3 is 1. The Kier molecular flexibility index (Phi) is 6.10. The molecular weight excluding hydrogens is 328 g/mol. The molecule has 0 amide bonds. The first-order valence-electron chi connectivity index (χ1n) is 9.19. The summed E-state index contributed by atoms with van der Waals surface area (Å²) in [6.07, 6.45) is 7.66. The second-order valence-corrected chi connectivity index (χ2v) is 6.69. The Labute approximate surface area is 154 Å². The van der Waals surface area contributed by atoms with Crippen LogP contribution in [0.15, 0.2) is 47.6 Å². The minimum Gasteiger partial charge on any atom is -0.493 e. The number of hydrogen-bond acceptors (Lipinski definition) is 4. The molecule has 1 aromatic heterocycles. The summed E-state index contributed by atoms with van der Waals surface area (Å²) in [5.74, 6) is 1.04. The number of carbonyl (C=O) groups is 1. The highest BCUT2D eigenvalue weighted by molar-refractivity contribution is 5.80. The highest BCUT2D eigenvalue weighted by Gasteiger charge is 2.13. The Bertz CT molecular complexity index is 820. The van der Waals surface area contributed by atoms with Crippen molar-refractivity contribution in [3.63, 3.8) is 0 Å².